The van der Waals surface area contributed by atoms with Crippen LogP contribution in [0.4, 0.5) is 0 Å². The maximum Gasteiger partial charge on any atom is 0.222 e. The zero-order valence-corrected chi connectivity index (χ0v) is 11.7. The Morgan fingerprint density at radius 1 is 1.37 bits per heavy atom. The van der Waals surface area contributed by atoms with Crippen LogP contribution < -0.4 is 4.74 Å². The zero-order valence-electron chi connectivity index (χ0n) is 11.7. The Morgan fingerprint density at radius 3 is 2.68 bits per heavy atom. The first-order valence-electron chi connectivity index (χ1n) is 6.69. The number of para-hydroxylation sites is 1. The van der Waals surface area contributed by atoms with Crippen LogP contribution in [0.25, 0.3) is 0 Å². The summed E-state index contributed by atoms with van der Waals surface area (Å²) in [5, 5.41) is 9.13. The number of rotatable bonds is 8. The van der Waals surface area contributed by atoms with Crippen LogP contribution in [0.5, 0.6) is 5.75 Å². The molecule has 4 nitrogen and oxygen atoms in total. The van der Waals surface area contributed by atoms with Gasteiger partial charge in [-0.15, -0.1) is 0 Å². The molecule has 0 aliphatic rings. The molecule has 19 heavy (non-hydrogen) atoms. The molecule has 0 heterocycles. The van der Waals surface area contributed by atoms with Gasteiger partial charge in [0.25, 0.3) is 0 Å². The first kappa shape index (κ1) is 15.5. The van der Waals surface area contributed by atoms with Crippen LogP contribution in [0.1, 0.15) is 26.2 Å². The van der Waals surface area contributed by atoms with E-state index in [-0.39, 0.29) is 5.91 Å². The number of hydrogen-bond acceptors (Lipinski definition) is 3. The van der Waals surface area contributed by atoms with Crippen molar-refractivity contribution >= 4 is 5.91 Å². The van der Waals surface area contributed by atoms with Gasteiger partial charge in [-0.05, 0) is 31.9 Å². The van der Waals surface area contributed by atoms with Gasteiger partial charge in [0.05, 0.1) is 12.7 Å². The van der Waals surface area contributed by atoms with Gasteiger partial charge in [0.2, 0.25) is 5.91 Å². The van der Waals surface area contributed by atoms with E-state index in [0.717, 1.165) is 12.2 Å². The molecule has 1 unspecified atom stereocenters. The Kier molecular flexibility index (Phi) is 6.97. The maximum absolute atomic E-state index is 11.7. The topological polar surface area (TPSA) is 49.8 Å². The zero-order chi connectivity index (χ0) is 14.1. The van der Waals surface area contributed by atoms with E-state index in [0.29, 0.717) is 26.0 Å². The Bertz CT molecular complexity index is 365. The lowest BCUT2D eigenvalue weighted by Crippen LogP contribution is -2.29. The molecule has 0 saturated heterocycles. The second kappa shape index (κ2) is 8.53. The maximum atomic E-state index is 11.7. The average Bonchev–Trinajstić information content (AvgIpc) is 2.41. The van der Waals surface area contributed by atoms with Crippen LogP contribution in [0, 0.1) is 0 Å². The van der Waals surface area contributed by atoms with Gasteiger partial charge in [0, 0.05) is 20.0 Å². The standard InChI is InChI=1S/C15H23NO3/c1-13(17)9-10-15(18)16(2)11-6-12-19-14-7-4-3-5-8-14/h3-5,7-8,13,17H,6,9-12H2,1-2H3. The van der Waals surface area contributed by atoms with Gasteiger partial charge in [0.1, 0.15) is 5.75 Å². The van der Waals surface area contributed by atoms with Gasteiger partial charge in [-0.1, -0.05) is 18.2 Å². The second-order valence-corrected chi connectivity index (χ2v) is 4.72. The van der Waals surface area contributed by atoms with E-state index in [1.807, 2.05) is 30.3 Å². The van der Waals surface area contributed by atoms with Crippen molar-refractivity contribution in [2.45, 2.75) is 32.3 Å². The van der Waals surface area contributed by atoms with Crippen molar-refractivity contribution in [3.05, 3.63) is 30.3 Å². The van der Waals surface area contributed by atoms with Gasteiger partial charge in [-0.2, -0.15) is 0 Å². The van der Waals surface area contributed by atoms with Crippen LogP contribution >= 0.6 is 0 Å². The number of carbonyl (C=O) groups is 1. The average molecular weight is 265 g/mol. The molecule has 0 fully saturated rings. The Balaban J connectivity index is 2.13. The fourth-order valence-electron chi connectivity index (χ4n) is 1.66. The molecule has 1 aromatic rings. The van der Waals surface area contributed by atoms with Gasteiger partial charge in [-0.3, -0.25) is 4.79 Å². The van der Waals surface area contributed by atoms with Crippen molar-refractivity contribution in [1.29, 1.82) is 0 Å². The number of hydrogen-bond donors (Lipinski definition) is 1. The summed E-state index contributed by atoms with van der Waals surface area (Å²) in [6, 6.07) is 9.64. The van der Waals surface area contributed by atoms with E-state index in [2.05, 4.69) is 0 Å². The molecular formula is C15H23NO3. The summed E-state index contributed by atoms with van der Waals surface area (Å²) in [6.45, 7) is 2.96. The van der Waals surface area contributed by atoms with Crippen molar-refractivity contribution < 1.29 is 14.6 Å². The number of aliphatic hydroxyl groups excluding tert-OH is 1. The van der Waals surface area contributed by atoms with Gasteiger partial charge in [0.15, 0.2) is 0 Å². The van der Waals surface area contributed by atoms with Gasteiger partial charge < -0.3 is 14.7 Å². The predicted octanol–water partition coefficient (Wildman–Crippen LogP) is 2.07. The monoisotopic (exact) mass is 265 g/mol. The molecular weight excluding hydrogens is 242 g/mol. The molecule has 0 bridgehead atoms. The van der Waals surface area contributed by atoms with E-state index >= 15 is 0 Å². The quantitative estimate of drug-likeness (QED) is 0.732. The van der Waals surface area contributed by atoms with E-state index in [1.165, 1.54) is 0 Å². The molecule has 1 rings (SSSR count). The van der Waals surface area contributed by atoms with Crippen molar-refractivity contribution in [1.82, 2.24) is 4.90 Å². The molecule has 106 valence electrons. The third-order valence-corrected chi connectivity index (χ3v) is 2.85. The molecule has 0 radical (unpaired) electrons. The number of carbonyl (C=O) groups excluding carboxylic acids is 1. The Morgan fingerprint density at radius 2 is 2.05 bits per heavy atom. The number of aliphatic hydroxyl groups is 1. The Labute approximate surface area is 115 Å². The highest BCUT2D eigenvalue weighted by molar-refractivity contribution is 5.75. The summed E-state index contributed by atoms with van der Waals surface area (Å²) >= 11 is 0. The molecule has 0 aliphatic carbocycles. The van der Waals surface area contributed by atoms with Crippen molar-refractivity contribution in [2.75, 3.05) is 20.2 Å². The number of nitrogens with zero attached hydrogens (tertiary/aromatic N) is 1. The molecule has 1 aromatic carbocycles. The first-order valence-corrected chi connectivity index (χ1v) is 6.69. The van der Waals surface area contributed by atoms with E-state index < -0.39 is 6.10 Å². The predicted molar refractivity (Wildman–Crippen MR) is 75.1 cm³/mol. The van der Waals surface area contributed by atoms with Crippen molar-refractivity contribution in [3.63, 3.8) is 0 Å². The summed E-state index contributed by atoms with van der Waals surface area (Å²) in [7, 11) is 1.78. The molecule has 0 spiro atoms. The number of amides is 1. The van der Waals surface area contributed by atoms with Crippen molar-refractivity contribution in [2.24, 2.45) is 0 Å². The largest absolute Gasteiger partial charge is 0.494 e. The molecule has 0 aromatic heterocycles. The lowest BCUT2D eigenvalue weighted by Gasteiger charge is -2.17. The second-order valence-electron chi connectivity index (χ2n) is 4.72. The summed E-state index contributed by atoms with van der Waals surface area (Å²) < 4.78 is 5.56. The fraction of sp³-hybridized carbons (Fsp3) is 0.533. The van der Waals surface area contributed by atoms with Gasteiger partial charge >= 0.3 is 0 Å². The van der Waals surface area contributed by atoms with Crippen LogP contribution in [-0.4, -0.2) is 42.2 Å². The van der Waals surface area contributed by atoms with Crippen LogP contribution in [0.2, 0.25) is 0 Å². The van der Waals surface area contributed by atoms with Gasteiger partial charge in [-0.25, -0.2) is 0 Å². The molecule has 1 amide bonds. The lowest BCUT2D eigenvalue weighted by atomic mass is 10.2. The minimum Gasteiger partial charge on any atom is -0.494 e. The smallest absolute Gasteiger partial charge is 0.222 e. The van der Waals surface area contributed by atoms with E-state index in [9.17, 15) is 4.79 Å². The minimum absolute atomic E-state index is 0.0700. The molecule has 0 aliphatic heterocycles. The highest BCUT2D eigenvalue weighted by Crippen LogP contribution is 2.08. The fourth-order valence-corrected chi connectivity index (χ4v) is 1.66. The molecule has 1 atom stereocenters. The van der Waals surface area contributed by atoms with E-state index in [1.54, 1.807) is 18.9 Å². The summed E-state index contributed by atoms with van der Waals surface area (Å²) in [6.07, 6.45) is 1.29. The minimum atomic E-state index is -0.418. The summed E-state index contributed by atoms with van der Waals surface area (Å²) in [5.74, 6) is 0.922. The third-order valence-electron chi connectivity index (χ3n) is 2.85. The molecule has 1 N–H and O–H groups in total. The summed E-state index contributed by atoms with van der Waals surface area (Å²) in [4.78, 5) is 13.4. The lowest BCUT2D eigenvalue weighted by molar-refractivity contribution is -0.130. The van der Waals surface area contributed by atoms with Crippen LogP contribution in [0.3, 0.4) is 0 Å². The SMILES string of the molecule is CC(O)CCC(=O)N(C)CCCOc1ccccc1. The first-order chi connectivity index (χ1) is 9.09. The highest BCUT2D eigenvalue weighted by atomic mass is 16.5. The van der Waals surface area contributed by atoms with Crippen LogP contribution in [-0.2, 0) is 4.79 Å². The highest BCUT2D eigenvalue weighted by Gasteiger charge is 2.09. The Hall–Kier alpha value is -1.55. The molecule has 0 saturated carbocycles. The number of ether oxygens (including phenoxy) is 1. The summed E-state index contributed by atoms with van der Waals surface area (Å²) in [5.41, 5.74) is 0. The van der Waals surface area contributed by atoms with E-state index in [4.69, 9.17) is 9.84 Å². The molecule has 4 heteroatoms. The van der Waals surface area contributed by atoms with Crippen LogP contribution in [0.15, 0.2) is 30.3 Å². The third kappa shape index (κ3) is 6.82. The van der Waals surface area contributed by atoms with Crippen molar-refractivity contribution in [3.8, 4) is 5.75 Å². The normalized spacial score (nSPS) is 11.9. The number of benzene rings is 1.